The Bertz CT molecular complexity index is 1530. The molecule has 43 heavy (non-hydrogen) atoms. The van der Waals surface area contributed by atoms with Gasteiger partial charge in [0.2, 0.25) is 0 Å². The maximum Gasteiger partial charge on any atom is 0.416 e. The average Bonchev–Trinajstić information content (AvgIpc) is 2.90. The summed E-state index contributed by atoms with van der Waals surface area (Å²) in [5.41, 5.74) is -9.29. The lowest BCUT2D eigenvalue weighted by Crippen LogP contribution is -2.38. The van der Waals surface area contributed by atoms with Crippen molar-refractivity contribution in [3.05, 3.63) is 135 Å². The van der Waals surface area contributed by atoms with Gasteiger partial charge in [-0.05, 0) is 12.1 Å². The Balaban J connectivity index is 1.77. The highest BCUT2D eigenvalue weighted by Gasteiger charge is 2.54. The predicted molar refractivity (Wildman–Crippen MR) is 144 cm³/mol. The van der Waals surface area contributed by atoms with Gasteiger partial charge in [-0.15, -0.1) is 0 Å². The number of rotatable bonds is 6. The van der Waals surface area contributed by atoms with Gasteiger partial charge in [-0.25, -0.2) is 0 Å². The molecule has 0 N–H and O–H groups in total. The van der Waals surface area contributed by atoms with Crippen LogP contribution in [0.4, 0.5) is 26.3 Å². The van der Waals surface area contributed by atoms with Crippen LogP contribution in [-0.2, 0) is 28.2 Å². The van der Waals surface area contributed by atoms with Crippen LogP contribution in [0, 0.1) is 20.2 Å². The molecule has 2 aromatic rings. The van der Waals surface area contributed by atoms with Crippen LogP contribution in [0.15, 0.2) is 92.3 Å². The zero-order valence-corrected chi connectivity index (χ0v) is 23.9. The van der Waals surface area contributed by atoms with Crippen LogP contribution >= 0.6 is 46.4 Å². The van der Waals surface area contributed by atoms with E-state index >= 15 is 0 Å². The maximum atomic E-state index is 13.7. The Kier molecular flexibility index (Phi) is 8.61. The first-order chi connectivity index (χ1) is 19.8. The first-order valence-corrected chi connectivity index (χ1v) is 13.2. The first-order valence-electron chi connectivity index (χ1n) is 11.7. The van der Waals surface area contributed by atoms with Crippen molar-refractivity contribution in [1.29, 1.82) is 0 Å². The fourth-order valence-electron chi connectivity index (χ4n) is 4.85. The monoisotopic (exact) mass is 688 g/mol. The summed E-state index contributed by atoms with van der Waals surface area (Å²) in [5, 5.41) is 22.1. The molecule has 17 heteroatoms. The minimum absolute atomic E-state index is 0.519. The molecule has 0 saturated carbocycles. The van der Waals surface area contributed by atoms with E-state index in [9.17, 15) is 46.6 Å². The number of hydrogen-bond donors (Lipinski definition) is 0. The lowest BCUT2D eigenvalue weighted by atomic mass is 9.80. The highest BCUT2D eigenvalue weighted by Crippen LogP contribution is 2.51. The minimum atomic E-state index is -4.97. The molecule has 4 rings (SSSR count). The molecule has 2 unspecified atom stereocenters. The van der Waals surface area contributed by atoms with Crippen molar-refractivity contribution in [3.63, 3.8) is 0 Å². The zero-order valence-electron chi connectivity index (χ0n) is 20.9. The topological polar surface area (TPSA) is 95.5 Å². The fraction of sp³-hybridized carbons (Fsp3) is 0.231. The SMILES string of the molecule is O=[N+]([O-])C1(c2ccccc2C(F)(F)F)C=C(Cl)C(OC2=C(Cl)CC(c3ccccc3C(F)(F)F)([N+](=O)[O-])C=C2Cl)=C(Cl)C1. The second-order valence-electron chi connectivity index (χ2n) is 9.36. The molecular formula is C26H14Cl4F6N2O5. The third-order valence-corrected chi connectivity index (χ3v) is 7.93. The summed E-state index contributed by atoms with van der Waals surface area (Å²) in [6.07, 6.45) is -10.3. The van der Waals surface area contributed by atoms with Gasteiger partial charge in [0, 0.05) is 33.1 Å². The van der Waals surface area contributed by atoms with Crippen LogP contribution in [-0.4, -0.2) is 9.85 Å². The van der Waals surface area contributed by atoms with Crippen molar-refractivity contribution in [2.24, 2.45) is 0 Å². The summed E-state index contributed by atoms with van der Waals surface area (Å²) in [6, 6.07) is 7.53. The highest BCUT2D eigenvalue weighted by atomic mass is 35.5. The Labute approximate surface area is 257 Å². The molecule has 2 aliphatic carbocycles. The van der Waals surface area contributed by atoms with Crippen molar-refractivity contribution in [2.75, 3.05) is 0 Å². The van der Waals surface area contributed by atoms with Crippen molar-refractivity contribution >= 4 is 46.4 Å². The van der Waals surface area contributed by atoms with Crippen LogP contribution < -0.4 is 0 Å². The van der Waals surface area contributed by atoms with E-state index in [1.165, 1.54) is 0 Å². The molecule has 0 saturated heterocycles. The lowest BCUT2D eigenvalue weighted by molar-refractivity contribution is -0.564. The molecule has 0 heterocycles. The molecule has 0 spiro atoms. The number of nitro groups is 2. The number of allylic oxidation sites excluding steroid dienone is 2. The number of halogens is 10. The van der Waals surface area contributed by atoms with E-state index in [1.54, 1.807) is 0 Å². The largest absolute Gasteiger partial charge is 0.452 e. The molecule has 2 aliphatic rings. The van der Waals surface area contributed by atoms with E-state index in [4.69, 9.17) is 51.1 Å². The van der Waals surface area contributed by atoms with Gasteiger partial charge in [0.1, 0.15) is 0 Å². The van der Waals surface area contributed by atoms with Crippen LogP contribution in [0.5, 0.6) is 0 Å². The van der Waals surface area contributed by atoms with Gasteiger partial charge in [-0.3, -0.25) is 20.2 Å². The van der Waals surface area contributed by atoms with Gasteiger partial charge in [0.05, 0.1) is 44.1 Å². The van der Waals surface area contributed by atoms with Crippen molar-refractivity contribution < 1.29 is 40.9 Å². The van der Waals surface area contributed by atoms with E-state index in [1.807, 2.05) is 0 Å². The van der Waals surface area contributed by atoms with Gasteiger partial charge < -0.3 is 4.74 Å². The van der Waals surface area contributed by atoms with Crippen LogP contribution in [0.25, 0.3) is 0 Å². The Morgan fingerprint density at radius 1 is 0.651 bits per heavy atom. The normalized spacial score (nSPS) is 23.1. The van der Waals surface area contributed by atoms with Crippen LogP contribution in [0.2, 0.25) is 0 Å². The Morgan fingerprint density at radius 2 is 0.977 bits per heavy atom. The van der Waals surface area contributed by atoms with Gasteiger partial charge in [-0.1, -0.05) is 82.8 Å². The lowest BCUT2D eigenvalue weighted by Gasteiger charge is -2.31. The molecule has 228 valence electrons. The average molecular weight is 690 g/mol. The molecule has 0 aliphatic heterocycles. The Hall–Kier alpha value is -3.26. The molecule has 0 aromatic heterocycles. The summed E-state index contributed by atoms with van der Waals surface area (Å²) in [6.45, 7) is 0. The number of alkyl halides is 6. The van der Waals surface area contributed by atoms with E-state index in [2.05, 4.69) is 0 Å². The molecule has 0 radical (unpaired) electrons. The third-order valence-electron chi connectivity index (χ3n) is 6.76. The van der Waals surface area contributed by atoms with Gasteiger partial charge in [0.25, 0.3) is 11.1 Å². The van der Waals surface area contributed by atoms with Gasteiger partial charge >= 0.3 is 12.4 Å². The van der Waals surface area contributed by atoms with Crippen molar-refractivity contribution in [1.82, 2.24) is 0 Å². The summed E-state index contributed by atoms with van der Waals surface area (Å²) >= 11 is 25.1. The summed E-state index contributed by atoms with van der Waals surface area (Å²) in [5.74, 6) is -1.04. The smallest absolute Gasteiger partial charge is 0.416 e. The summed E-state index contributed by atoms with van der Waals surface area (Å²) in [4.78, 5) is 22.5. The molecular weight excluding hydrogens is 676 g/mol. The van der Waals surface area contributed by atoms with Crippen LogP contribution in [0.3, 0.4) is 0 Å². The van der Waals surface area contributed by atoms with Crippen molar-refractivity contribution in [3.8, 4) is 0 Å². The van der Waals surface area contributed by atoms with Crippen LogP contribution in [0.1, 0.15) is 35.1 Å². The second kappa shape index (κ2) is 11.3. The molecule has 0 amide bonds. The molecule has 7 nitrogen and oxygen atoms in total. The standard InChI is InChI=1S/C26H14Cl4F6N2O5/c27-17-9-23(37(39)40,13-5-1-3-7-15(13)25(31,32)33)10-18(28)21(17)43-22-19(29)11-24(38(41)42,12-20(22)30)14-6-2-4-8-16(14)26(34,35)36/h1-9,11H,10,12H2. The van der Waals surface area contributed by atoms with E-state index in [0.717, 1.165) is 36.4 Å². The number of hydrogen-bond acceptors (Lipinski definition) is 5. The maximum absolute atomic E-state index is 13.7. The first kappa shape index (κ1) is 32.6. The minimum Gasteiger partial charge on any atom is -0.452 e. The molecule has 2 aromatic carbocycles. The molecule has 0 bridgehead atoms. The van der Waals surface area contributed by atoms with E-state index < -0.39 is 100 Å². The van der Waals surface area contributed by atoms with Gasteiger partial charge in [-0.2, -0.15) is 26.3 Å². The summed E-state index contributed by atoms with van der Waals surface area (Å²) in [7, 11) is 0. The number of nitrogens with zero attached hydrogens (tertiary/aromatic N) is 2. The van der Waals surface area contributed by atoms with E-state index in [0.29, 0.717) is 24.3 Å². The summed E-state index contributed by atoms with van der Waals surface area (Å²) < 4.78 is 88.0. The molecule has 2 atom stereocenters. The third kappa shape index (κ3) is 5.83. The van der Waals surface area contributed by atoms with Gasteiger partial charge in [0.15, 0.2) is 11.5 Å². The molecule has 0 fully saturated rings. The fourth-order valence-corrected chi connectivity index (χ4v) is 6.30. The Morgan fingerprint density at radius 3 is 1.26 bits per heavy atom. The predicted octanol–water partition coefficient (Wildman–Crippen LogP) is 9.34. The zero-order chi connectivity index (χ0) is 32.1. The highest BCUT2D eigenvalue weighted by molar-refractivity contribution is 6.37. The number of ether oxygens (including phenoxy) is 1. The quantitative estimate of drug-likeness (QED) is 0.171. The second-order valence-corrected chi connectivity index (χ2v) is 11.1. The van der Waals surface area contributed by atoms with Crippen molar-refractivity contribution in [2.45, 2.75) is 36.3 Å². The van der Waals surface area contributed by atoms with E-state index in [-0.39, 0.29) is 0 Å². The number of benzene rings is 2.